The SMILES string of the molecule is CC1CCCCC1NC(=NCC(=O)N(C)C)NC1CCC(=O)NC1.I. The Morgan fingerprint density at radius 2 is 1.96 bits per heavy atom. The molecule has 1 saturated heterocycles. The van der Waals surface area contributed by atoms with Gasteiger partial charge in [0, 0.05) is 39.1 Å². The molecule has 0 aromatic heterocycles. The lowest BCUT2D eigenvalue weighted by Gasteiger charge is -2.33. The lowest BCUT2D eigenvalue weighted by molar-refractivity contribution is -0.127. The molecular formula is C17H32IN5O2. The van der Waals surface area contributed by atoms with E-state index in [-0.39, 0.29) is 48.4 Å². The van der Waals surface area contributed by atoms with E-state index in [4.69, 9.17) is 0 Å². The molecule has 0 aromatic rings. The van der Waals surface area contributed by atoms with E-state index in [0.717, 1.165) is 12.8 Å². The number of carbonyl (C=O) groups is 2. The van der Waals surface area contributed by atoms with Crippen LogP contribution in [0.5, 0.6) is 0 Å². The van der Waals surface area contributed by atoms with Crippen molar-refractivity contribution in [3.63, 3.8) is 0 Å². The summed E-state index contributed by atoms with van der Waals surface area (Å²) in [5.41, 5.74) is 0. The summed E-state index contributed by atoms with van der Waals surface area (Å²) in [6.45, 7) is 2.99. The molecule has 3 unspecified atom stereocenters. The molecule has 0 radical (unpaired) electrons. The van der Waals surface area contributed by atoms with Crippen molar-refractivity contribution < 1.29 is 9.59 Å². The summed E-state index contributed by atoms with van der Waals surface area (Å²) in [7, 11) is 3.47. The number of aliphatic imine (C=N–C) groups is 1. The second kappa shape index (κ2) is 10.8. The monoisotopic (exact) mass is 465 g/mol. The minimum Gasteiger partial charge on any atom is -0.354 e. The Kier molecular flexibility index (Phi) is 9.52. The van der Waals surface area contributed by atoms with Gasteiger partial charge in [-0.3, -0.25) is 9.59 Å². The molecule has 0 spiro atoms. The molecule has 2 amide bonds. The molecule has 2 aliphatic rings. The van der Waals surface area contributed by atoms with Gasteiger partial charge in [0.25, 0.3) is 0 Å². The molecule has 3 N–H and O–H groups in total. The van der Waals surface area contributed by atoms with Crippen molar-refractivity contribution in [1.82, 2.24) is 20.9 Å². The Morgan fingerprint density at radius 1 is 1.24 bits per heavy atom. The van der Waals surface area contributed by atoms with Crippen LogP contribution >= 0.6 is 24.0 Å². The van der Waals surface area contributed by atoms with Crippen LogP contribution in [-0.2, 0) is 9.59 Å². The van der Waals surface area contributed by atoms with Gasteiger partial charge in [0.2, 0.25) is 11.8 Å². The summed E-state index contributed by atoms with van der Waals surface area (Å²) in [5.74, 6) is 1.36. The normalized spacial score (nSPS) is 26.9. The highest BCUT2D eigenvalue weighted by Gasteiger charge is 2.24. The summed E-state index contributed by atoms with van der Waals surface area (Å²) in [6.07, 6.45) is 6.18. The number of halogens is 1. The average Bonchev–Trinajstić information content (AvgIpc) is 2.56. The summed E-state index contributed by atoms with van der Waals surface area (Å²) >= 11 is 0. The number of likely N-dealkylation sites (N-methyl/N-ethyl adjacent to an activating group) is 1. The molecule has 7 nitrogen and oxygen atoms in total. The average molecular weight is 465 g/mol. The molecule has 1 heterocycles. The molecule has 25 heavy (non-hydrogen) atoms. The highest BCUT2D eigenvalue weighted by molar-refractivity contribution is 14.0. The molecule has 0 aromatic carbocycles. The number of rotatable bonds is 4. The second-order valence-corrected chi connectivity index (χ2v) is 7.15. The highest BCUT2D eigenvalue weighted by Crippen LogP contribution is 2.23. The quantitative estimate of drug-likeness (QED) is 0.330. The summed E-state index contributed by atoms with van der Waals surface area (Å²) in [4.78, 5) is 29.2. The molecule has 144 valence electrons. The standard InChI is InChI=1S/C17H31N5O2.HI/c1-12-6-4-5-7-14(12)21-17(19-11-16(24)22(2)3)20-13-8-9-15(23)18-10-13;/h12-14H,4-11H2,1-3H3,(H,18,23)(H2,19,20,21);1H. The fourth-order valence-corrected chi connectivity index (χ4v) is 3.18. The zero-order valence-corrected chi connectivity index (χ0v) is 17.8. The van der Waals surface area contributed by atoms with Crippen LogP contribution in [0.1, 0.15) is 45.4 Å². The minimum absolute atomic E-state index is 0. The van der Waals surface area contributed by atoms with Crippen LogP contribution in [0.25, 0.3) is 0 Å². The first-order valence-corrected chi connectivity index (χ1v) is 9.00. The smallest absolute Gasteiger partial charge is 0.243 e. The van der Waals surface area contributed by atoms with E-state index in [2.05, 4.69) is 27.9 Å². The maximum Gasteiger partial charge on any atom is 0.243 e. The Bertz CT molecular complexity index is 474. The zero-order chi connectivity index (χ0) is 17.5. The molecule has 3 atom stereocenters. The fourth-order valence-electron chi connectivity index (χ4n) is 3.18. The largest absolute Gasteiger partial charge is 0.354 e. The van der Waals surface area contributed by atoms with Crippen LogP contribution in [-0.4, -0.2) is 61.9 Å². The van der Waals surface area contributed by atoms with Crippen LogP contribution in [0.3, 0.4) is 0 Å². The van der Waals surface area contributed by atoms with Crippen molar-refractivity contribution in [2.24, 2.45) is 10.9 Å². The third kappa shape index (κ3) is 7.37. The van der Waals surface area contributed by atoms with E-state index in [1.807, 2.05) is 0 Å². The van der Waals surface area contributed by atoms with Crippen LogP contribution < -0.4 is 16.0 Å². The first-order valence-electron chi connectivity index (χ1n) is 9.00. The van der Waals surface area contributed by atoms with Crippen molar-refractivity contribution in [3.8, 4) is 0 Å². The van der Waals surface area contributed by atoms with Gasteiger partial charge in [-0.15, -0.1) is 24.0 Å². The maximum absolute atomic E-state index is 11.8. The van der Waals surface area contributed by atoms with Crippen LogP contribution in [0.4, 0.5) is 0 Å². The molecule has 1 aliphatic carbocycles. The molecular weight excluding hydrogens is 433 g/mol. The Morgan fingerprint density at radius 3 is 2.56 bits per heavy atom. The molecule has 8 heteroatoms. The number of nitrogens with zero attached hydrogens (tertiary/aromatic N) is 2. The lowest BCUT2D eigenvalue weighted by Crippen LogP contribution is -2.54. The van der Waals surface area contributed by atoms with Crippen molar-refractivity contribution in [2.45, 2.75) is 57.5 Å². The maximum atomic E-state index is 11.8. The van der Waals surface area contributed by atoms with E-state index in [1.165, 1.54) is 19.3 Å². The Labute approximate surface area is 167 Å². The van der Waals surface area contributed by atoms with E-state index in [1.54, 1.807) is 19.0 Å². The van der Waals surface area contributed by atoms with Crippen molar-refractivity contribution in [1.29, 1.82) is 0 Å². The molecule has 2 fully saturated rings. The van der Waals surface area contributed by atoms with E-state index in [9.17, 15) is 9.59 Å². The topological polar surface area (TPSA) is 85.8 Å². The number of nitrogens with one attached hydrogen (secondary N) is 3. The number of guanidine groups is 1. The predicted octanol–water partition coefficient (Wildman–Crippen LogP) is 1.09. The number of hydrogen-bond acceptors (Lipinski definition) is 3. The minimum atomic E-state index is -0.0234. The Balaban J connectivity index is 0.00000312. The number of amides is 2. The van der Waals surface area contributed by atoms with Crippen LogP contribution in [0.15, 0.2) is 4.99 Å². The second-order valence-electron chi connectivity index (χ2n) is 7.15. The van der Waals surface area contributed by atoms with Gasteiger partial charge in [-0.2, -0.15) is 0 Å². The van der Waals surface area contributed by atoms with Gasteiger partial charge in [0.05, 0.1) is 0 Å². The molecule has 0 bridgehead atoms. The molecule has 2 rings (SSSR count). The molecule has 1 aliphatic heterocycles. The van der Waals surface area contributed by atoms with Gasteiger partial charge in [0.1, 0.15) is 6.54 Å². The number of piperidine rings is 1. The van der Waals surface area contributed by atoms with E-state index < -0.39 is 0 Å². The summed E-state index contributed by atoms with van der Waals surface area (Å²) in [6, 6.07) is 0.542. The van der Waals surface area contributed by atoms with Crippen LogP contribution in [0, 0.1) is 5.92 Å². The zero-order valence-electron chi connectivity index (χ0n) is 15.5. The fraction of sp³-hybridized carbons (Fsp3) is 0.824. The van der Waals surface area contributed by atoms with E-state index in [0.29, 0.717) is 30.9 Å². The Hall–Kier alpha value is -1.06. The van der Waals surface area contributed by atoms with Gasteiger partial charge < -0.3 is 20.9 Å². The third-order valence-corrected chi connectivity index (χ3v) is 4.91. The van der Waals surface area contributed by atoms with Crippen molar-refractivity contribution >= 4 is 41.8 Å². The van der Waals surface area contributed by atoms with Crippen molar-refractivity contribution in [2.75, 3.05) is 27.2 Å². The van der Waals surface area contributed by atoms with Gasteiger partial charge in [0.15, 0.2) is 5.96 Å². The third-order valence-electron chi connectivity index (χ3n) is 4.91. The highest BCUT2D eigenvalue weighted by atomic mass is 127. The molecule has 1 saturated carbocycles. The van der Waals surface area contributed by atoms with Gasteiger partial charge >= 0.3 is 0 Å². The van der Waals surface area contributed by atoms with Gasteiger partial charge in [-0.1, -0.05) is 19.8 Å². The van der Waals surface area contributed by atoms with Crippen molar-refractivity contribution in [3.05, 3.63) is 0 Å². The first kappa shape index (κ1) is 22.0. The number of hydrogen-bond donors (Lipinski definition) is 3. The van der Waals surface area contributed by atoms with E-state index >= 15 is 0 Å². The van der Waals surface area contributed by atoms with Crippen LogP contribution in [0.2, 0.25) is 0 Å². The lowest BCUT2D eigenvalue weighted by atomic mass is 9.86. The summed E-state index contributed by atoms with van der Waals surface area (Å²) < 4.78 is 0. The predicted molar refractivity (Wildman–Crippen MR) is 110 cm³/mol. The van der Waals surface area contributed by atoms with Gasteiger partial charge in [-0.25, -0.2) is 4.99 Å². The number of carbonyl (C=O) groups excluding carboxylic acids is 2. The first-order chi connectivity index (χ1) is 11.5. The summed E-state index contributed by atoms with van der Waals surface area (Å²) in [5, 5.41) is 9.78. The van der Waals surface area contributed by atoms with Gasteiger partial charge in [-0.05, 0) is 25.2 Å².